The third kappa shape index (κ3) is 1.17. The number of halogens is 2. The molecule has 0 unspecified atom stereocenters. The van der Waals surface area contributed by atoms with Crippen molar-refractivity contribution in [3.8, 4) is 0 Å². The molecule has 0 aromatic carbocycles. The summed E-state index contributed by atoms with van der Waals surface area (Å²) >= 11 is 0. The minimum atomic E-state index is -2.65. The van der Waals surface area contributed by atoms with Crippen LogP contribution in [0, 0.1) is 0 Å². The van der Waals surface area contributed by atoms with Crippen LogP contribution in [0.25, 0.3) is 11.0 Å². The Balaban J connectivity index is 2.16. The first-order valence-electron chi connectivity index (χ1n) is 4.55. The van der Waals surface area contributed by atoms with E-state index in [-0.39, 0.29) is 6.42 Å². The molecule has 0 bridgehead atoms. The number of rotatable bonds is 1. The lowest BCUT2D eigenvalue weighted by Gasteiger charge is -2.00. The summed E-state index contributed by atoms with van der Waals surface area (Å²) in [5.74, 6) is -2.33. The summed E-state index contributed by atoms with van der Waals surface area (Å²) in [5.41, 5.74) is 5.93. The zero-order chi connectivity index (χ0) is 10.6. The Bertz CT molecular complexity index is 534. The fraction of sp³-hybridized carbons (Fsp3) is 0.333. The summed E-state index contributed by atoms with van der Waals surface area (Å²) in [6.45, 7) is 0. The fourth-order valence-electron chi connectivity index (χ4n) is 1.63. The van der Waals surface area contributed by atoms with Crippen LogP contribution in [0.15, 0.2) is 18.3 Å². The average molecular weight is 210 g/mol. The van der Waals surface area contributed by atoms with Crippen molar-refractivity contribution in [3.63, 3.8) is 0 Å². The molecule has 3 rings (SSSR count). The summed E-state index contributed by atoms with van der Waals surface area (Å²) in [6.07, 6.45) is 1.36. The van der Waals surface area contributed by atoms with Gasteiger partial charge >= 0.3 is 0 Å². The van der Waals surface area contributed by atoms with Crippen molar-refractivity contribution >= 4 is 16.9 Å². The van der Waals surface area contributed by atoms with Crippen molar-refractivity contribution in [1.82, 2.24) is 14.8 Å². The van der Waals surface area contributed by atoms with Crippen molar-refractivity contribution in [2.75, 3.05) is 5.73 Å². The van der Waals surface area contributed by atoms with Gasteiger partial charge in [-0.2, -0.15) is 5.10 Å². The Morgan fingerprint density at radius 3 is 2.87 bits per heavy atom. The molecule has 0 radical (unpaired) electrons. The van der Waals surface area contributed by atoms with Gasteiger partial charge < -0.3 is 5.73 Å². The predicted molar refractivity (Wildman–Crippen MR) is 50.5 cm³/mol. The molecule has 1 fully saturated rings. The highest BCUT2D eigenvalue weighted by Crippen LogP contribution is 2.52. The van der Waals surface area contributed by atoms with Gasteiger partial charge in [0.05, 0.1) is 6.20 Å². The topological polar surface area (TPSA) is 56.7 Å². The highest BCUT2D eigenvalue weighted by Gasteiger charge is 2.59. The number of fused-ring (bicyclic) bond motifs is 1. The van der Waals surface area contributed by atoms with E-state index < -0.39 is 12.0 Å². The van der Waals surface area contributed by atoms with E-state index in [0.29, 0.717) is 11.5 Å². The average Bonchev–Trinajstić information content (AvgIpc) is 2.64. The van der Waals surface area contributed by atoms with E-state index in [4.69, 9.17) is 5.73 Å². The van der Waals surface area contributed by atoms with Crippen LogP contribution in [0.2, 0.25) is 0 Å². The maximum atomic E-state index is 12.9. The van der Waals surface area contributed by atoms with E-state index in [0.717, 1.165) is 5.39 Å². The number of nitrogens with zero attached hydrogens (tertiary/aromatic N) is 3. The number of hydrogen-bond acceptors (Lipinski definition) is 3. The number of nitrogen functional groups attached to an aromatic ring is 1. The van der Waals surface area contributed by atoms with Crippen LogP contribution in [-0.4, -0.2) is 20.7 Å². The van der Waals surface area contributed by atoms with E-state index in [1.54, 1.807) is 12.1 Å². The first kappa shape index (κ1) is 8.58. The molecule has 6 heteroatoms. The van der Waals surface area contributed by atoms with Crippen molar-refractivity contribution in [2.45, 2.75) is 18.4 Å². The fourth-order valence-corrected chi connectivity index (χ4v) is 1.63. The second-order valence-corrected chi connectivity index (χ2v) is 3.72. The Kier molecular flexibility index (Phi) is 1.40. The molecule has 15 heavy (non-hydrogen) atoms. The van der Waals surface area contributed by atoms with Crippen LogP contribution in [-0.2, 0) is 0 Å². The number of hydrogen-bond donors (Lipinski definition) is 1. The van der Waals surface area contributed by atoms with Crippen molar-refractivity contribution in [3.05, 3.63) is 18.3 Å². The van der Waals surface area contributed by atoms with Gasteiger partial charge in [0, 0.05) is 11.8 Å². The zero-order valence-electron chi connectivity index (χ0n) is 7.69. The maximum Gasteiger partial charge on any atom is 0.272 e. The van der Waals surface area contributed by atoms with Gasteiger partial charge in [0.1, 0.15) is 11.9 Å². The maximum absolute atomic E-state index is 12.9. The van der Waals surface area contributed by atoms with Crippen molar-refractivity contribution in [1.29, 1.82) is 0 Å². The third-order valence-corrected chi connectivity index (χ3v) is 2.55. The second kappa shape index (κ2) is 2.44. The Morgan fingerprint density at radius 2 is 2.20 bits per heavy atom. The number of pyridine rings is 1. The molecule has 2 heterocycles. The molecule has 1 aliphatic carbocycles. The standard InChI is InChI=1S/C9H8F2N4/c10-9(11)3-6(9)15-8-5(4-13-15)1-2-7(12)14-8/h1-2,4,6H,3H2,(H2,12,14)/t6-/m1/s1. The molecule has 2 N–H and O–H groups in total. The monoisotopic (exact) mass is 210 g/mol. The van der Waals surface area contributed by atoms with Crippen LogP contribution < -0.4 is 5.73 Å². The molecule has 0 amide bonds. The summed E-state index contributed by atoms with van der Waals surface area (Å²) in [5, 5.41) is 4.64. The molecule has 0 spiro atoms. The van der Waals surface area contributed by atoms with Gasteiger partial charge in [0.15, 0.2) is 5.65 Å². The van der Waals surface area contributed by atoms with Gasteiger partial charge in [-0.25, -0.2) is 18.4 Å². The minimum Gasteiger partial charge on any atom is -0.384 e. The van der Waals surface area contributed by atoms with Crippen molar-refractivity contribution in [2.24, 2.45) is 0 Å². The summed E-state index contributed by atoms with van der Waals surface area (Å²) in [6, 6.07) is 2.49. The van der Waals surface area contributed by atoms with Gasteiger partial charge in [-0.05, 0) is 12.1 Å². The summed E-state index contributed by atoms with van der Waals surface area (Å²) < 4.78 is 27.0. The van der Waals surface area contributed by atoms with Crippen molar-refractivity contribution < 1.29 is 8.78 Å². The third-order valence-electron chi connectivity index (χ3n) is 2.55. The Morgan fingerprint density at radius 1 is 1.47 bits per heavy atom. The van der Waals surface area contributed by atoms with Gasteiger partial charge in [0.2, 0.25) is 0 Å². The van der Waals surface area contributed by atoms with E-state index in [1.165, 1.54) is 10.9 Å². The van der Waals surface area contributed by atoms with Crippen LogP contribution in [0.3, 0.4) is 0 Å². The molecule has 0 saturated heterocycles. The first-order chi connectivity index (χ1) is 7.08. The molecular formula is C9H8F2N4. The molecule has 0 aliphatic heterocycles. The molecular weight excluding hydrogens is 202 g/mol. The SMILES string of the molecule is Nc1ccc2cnn([C@@H]3CC3(F)F)c2n1. The van der Waals surface area contributed by atoms with E-state index in [2.05, 4.69) is 10.1 Å². The molecule has 4 nitrogen and oxygen atoms in total. The van der Waals surface area contributed by atoms with Crippen LogP contribution >= 0.6 is 0 Å². The second-order valence-electron chi connectivity index (χ2n) is 3.72. The molecule has 78 valence electrons. The van der Waals surface area contributed by atoms with Gasteiger partial charge in [-0.1, -0.05) is 0 Å². The highest BCUT2D eigenvalue weighted by molar-refractivity contribution is 5.76. The Hall–Kier alpha value is -1.72. The van der Waals surface area contributed by atoms with Crippen LogP contribution in [0.5, 0.6) is 0 Å². The molecule has 1 atom stereocenters. The molecule has 2 aromatic heterocycles. The number of alkyl halides is 2. The highest BCUT2D eigenvalue weighted by atomic mass is 19.3. The summed E-state index contributed by atoms with van der Waals surface area (Å²) in [7, 11) is 0. The van der Waals surface area contributed by atoms with Gasteiger partial charge in [-0.15, -0.1) is 0 Å². The smallest absolute Gasteiger partial charge is 0.272 e. The van der Waals surface area contributed by atoms with Crippen LogP contribution in [0.1, 0.15) is 12.5 Å². The largest absolute Gasteiger partial charge is 0.384 e. The normalized spacial score (nSPS) is 23.2. The number of anilines is 1. The lowest BCUT2D eigenvalue weighted by Crippen LogP contribution is -2.05. The lowest BCUT2D eigenvalue weighted by atomic mass is 10.3. The van der Waals surface area contributed by atoms with Gasteiger partial charge in [-0.3, -0.25) is 0 Å². The van der Waals surface area contributed by atoms with E-state index in [1.807, 2.05) is 0 Å². The lowest BCUT2D eigenvalue weighted by molar-refractivity contribution is 0.0991. The van der Waals surface area contributed by atoms with Crippen LogP contribution in [0.4, 0.5) is 14.6 Å². The molecule has 1 aliphatic rings. The van der Waals surface area contributed by atoms with Gasteiger partial charge in [0.25, 0.3) is 5.92 Å². The number of nitrogens with two attached hydrogens (primary N) is 1. The zero-order valence-corrected chi connectivity index (χ0v) is 7.69. The molecule has 2 aromatic rings. The first-order valence-corrected chi connectivity index (χ1v) is 4.55. The number of aromatic nitrogens is 3. The summed E-state index contributed by atoms with van der Waals surface area (Å²) in [4.78, 5) is 4.01. The van der Waals surface area contributed by atoms with E-state index in [9.17, 15) is 8.78 Å². The quantitative estimate of drug-likeness (QED) is 0.777. The van der Waals surface area contributed by atoms with E-state index >= 15 is 0 Å². The minimum absolute atomic E-state index is 0.166. The molecule has 1 saturated carbocycles. The predicted octanol–water partition coefficient (Wildman–Crippen LogP) is 1.59. The Labute approximate surface area is 83.7 Å².